The van der Waals surface area contributed by atoms with Crippen LogP contribution in [-0.2, 0) is 16.6 Å². The molecule has 0 radical (unpaired) electrons. The monoisotopic (exact) mass is 439 g/mol. The fraction of sp³-hybridized carbons (Fsp3) is 0.0909. The lowest BCUT2D eigenvalue weighted by Gasteiger charge is -2.10. The maximum absolute atomic E-state index is 12.8. The Morgan fingerprint density at radius 2 is 1.70 bits per heavy atom. The van der Waals surface area contributed by atoms with Gasteiger partial charge in [-0.2, -0.15) is 0 Å². The third kappa shape index (κ3) is 3.81. The Balaban J connectivity index is 1.71. The van der Waals surface area contributed by atoms with Crippen molar-refractivity contribution in [2.24, 2.45) is 0 Å². The first-order valence-corrected chi connectivity index (χ1v) is 11.0. The number of imidazole rings is 1. The Kier molecular flexibility index (Phi) is 5.32. The molecule has 1 aromatic heterocycles. The molecule has 1 amide bonds. The minimum absolute atomic E-state index is 0.0194. The van der Waals surface area contributed by atoms with E-state index in [9.17, 15) is 13.2 Å². The lowest BCUT2D eigenvalue weighted by atomic mass is 10.1. The van der Waals surface area contributed by atoms with Crippen molar-refractivity contribution in [3.63, 3.8) is 0 Å². The Labute approximate surface area is 179 Å². The molecule has 0 aliphatic rings. The van der Waals surface area contributed by atoms with Gasteiger partial charge in [-0.05, 0) is 42.8 Å². The predicted molar refractivity (Wildman–Crippen MR) is 116 cm³/mol. The standard InChI is InChI=1S/C22H18ClN3O3S/c1-15-24-21-18(22(27)25-30(28,29)17-9-3-2-4-10-17)11-7-13-20(21)26(15)14-16-8-5-6-12-19(16)23/h2-13H,14H2,1H3,(H,25,27). The molecule has 0 unspecified atom stereocenters. The Hall–Kier alpha value is -3.16. The number of benzene rings is 3. The van der Waals surface area contributed by atoms with Crippen LogP contribution in [-0.4, -0.2) is 23.9 Å². The SMILES string of the molecule is Cc1nc2c(C(=O)NS(=O)(=O)c3ccccc3)cccc2n1Cc1ccccc1Cl. The van der Waals surface area contributed by atoms with E-state index in [4.69, 9.17) is 11.6 Å². The van der Waals surface area contributed by atoms with Crippen molar-refractivity contribution < 1.29 is 13.2 Å². The smallest absolute Gasteiger partial charge is 0.267 e. The van der Waals surface area contributed by atoms with Crippen molar-refractivity contribution in [3.8, 4) is 0 Å². The van der Waals surface area contributed by atoms with Crippen LogP contribution in [0.2, 0.25) is 5.02 Å². The largest absolute Gasteiger partial charge is 0.324 e. The minimum atomic E-state index is -3.99. The van der Waals surface area contributed by atoms with Crippen molar-refractivity contribution in [1.29, 1.82) is 0 Å². The van der Waals surface area contributed by atoms with E-state index in [1.165, 1.54) is 12.1 Å². The van der Waals surface area contributed by atoms with Gasteiger partial charge in [-0.3, -0.25) is 4.79 Å². The van der Waals surface area contributed by atoms with Crippen LogP contribution in [0.1, 0.15) is 21.7 Å². The summed E-state index contributed by atoms with van der Waals surface area (Å²) in [6.45, 7) is 2.31. The van der Waals surface area contributed by atoms with Gasteiger partial charge in [-0.1, -0.05) is 54.1 Å². The number of hydrogen-bond acceptors (Lipinski definition) is 4. The van der Waals surface area contributed by atoms with Gasteiger partial charge in [0.1, 0.15) is 11.3 Å². The van der Waals surface area contributed by atoms with Gasteiger partial charge in [0, 0.05) is 5.02 Å². The van der Waals surface area contributed by atoms with Gasteiger partial charge in [0.25, 0.3) is 15.9 Å². The lowest BCUT2D eigenvalue weighted by Crippen LogP contribution is -2.30. The molecule has 0 aliphatic heterocycles. The number of hydrogen-bond donors (Lipinski definition) is 1. The molecular formula is C22H18ClN3O3S. The fourth-order valence-corrected chi connectivity index (χ4v) is 4.46. The number of sulfonamides is 1. The Bertz CT molecular complexity index is 1350. The van der Waals surface area contributed by atoms with Gasteiger partial charge in [-0.25, -0.2) is 18.1 Å². The molecule has 0 bridgehead atoms. The number of nitrogens with zero attached hydrogens (tertiary/aromatic N) is 2. The molecule has 0 spiro atoms. The number of halogens is 1. The van der Waals surface area contributed by atoms with Crippen molar-refractivity contribution in [2.75, 3.05) is 0 Å². The third-order valence-corrected chi connectivity index (χ3v) is 6.50. The van der Waals surface area contributed by atoms with Gasteiger partial charge >= 0.3 is 0 Å². The first-order chi connectivity index (χ1) is 14.4. The summed E-state index contributed by atoms with van der Waals surface area (Å²) >= 11 is 6.29. The van der Waals surface area contributed by atoms with Gasteiger partial charge in [0.2, 0.25) is 0 Å². The first kappa shape index (κ1) is 20.1. The van der Waals surface area contributed by atoms with Crippen molar-refractivity contribution in [3.05, 3.63) is 94.8 Å². The highest BCUT2D eigenvalue weighted by molar-refractivity contribution is 7.90. The summed E-state index contributed by atoms with van der Waals surface area (Å²) in [6, 6.07) is 20.4. The van der Waals surface area contributed by atoms with Crippen LogP contribution in [0.15, 0.2) is 77.7 Å². The highest BCUT2D eigenvalue weighted by Crippen LogP contribution is 2.24. The average Bonchev–Trinajstić information content (AvgIpc) is 3.05. The highest BCUT2D eigenvalue weighted by Gasteiger charge is 2.22. The highest BCUT2D eigenvalue weighted by atomic mass is 35.5. The maximum Gasteiger partial charge on any atom is 0.267 e. The summed E-state index contributed by atoms with van der Waals surface area (Å²) in [5, 5.41) is 0.640. The number of para-hydroxylation sites is 1. The second kappa shape index (κ2) is 7.93. The lowest BCUT2D eigenvalue weighted by molar-refractivity contribution is 0.0983. The molecule has 0 saturated heterocycles. The van der Waals surface area contributed by atoms with Crippen LogP contribution >= 0.6 is 11.6 Å². The fourth-order valence-electron chi connectivity index (χ4n) is 3.28. The number of carbonyl (C=O) groups excluding carboxylic acids is 1. The van der Waals surface area contributed by atoms with Gasteiger partial charge in [0.15, 0.2) is 0 Å². The van der Waals surface area contributed by atoms with Crippen molar-refractivity contribution >= 4 is 38.6 Å². The summed E-state index contributed by atoms with van der Waals surface area (Å²) in [5.74, 6) is -0.0390. The number of carbonyl (C=O) groups is 1. The zero-order valence-corrected chi connectivity index (χ0v) is 17.6. The average molecular weight is 440 g/mol. The molecule has 152 valence electrons. The molecule has 30 heavy (non-hydrogen) atoms. The quantitative estimate of drug-likeness (QED) is 0.506. The van der Waals surface area contributed by atoms with E-state index < -0.39 is 15.9 Å². The van der Waals surface area contributed by atoms with E-state index in [1.807, 2.05) is 41.8 Å². The summed E-state index contributed by atoms with van der Waals surface area (Å²) in [7, 11) is -3.99. The number of aryl methyl sites for hydroxylation is 1. The van der Waals surface area contributed by atoms with Crippen LogP contribution in [0, 0.1) is 6.92 Å². The van der Waals surface area contributed by atoms with E-state index in [0.29, 0.717) is 22.9 Å². The molecular weight excluding hydrogens is 422 g/mol. The summed E-state index contributed by atoms with van der Waals surface area (Å²) < 4.78 is 29.1. The van der Waals surface area contributed by atoms with E-state index in [1.54, 1.807) is 30.3 Å². The third-order valence-electron chi connectivity index (χ3n) is 4.78. The zero-order valence-electron chi connectivity index (χ0n) is 16.0. The molecule has 0 aliphatic carbocycles. The number of aromatic nitrogens is 2. The normalized spacial score (nSPS) is 11.5. The topological polar surface area (TPSA) is 81.1 Å². The van der Waals surface area contributed by atoms with Crippen LogP contribution in [0.4, 0.5) is 0 Å². The second-order valence-electron chi connectivity index (χ2n) is 6.76. The molecule has 1 N–H and O–H groups in total. The number of rotatable bonds is 5. The van der Waals surface area contributed by atoms with Gasteiger partial charge in [-0.15, -0.1) is 0 Å². The number of amides is 1. The van der Waals surface area contributed by atoms with Gasteiger partial charge in [0.05, 0.1) is 22.5 Å². The van der Waals surface area contributed by atoms with E-state index in [-0.39, 0.29) is 10.5 Å². The van der Waals surface area contributed by atoms with E-state index in [2.05, 4.69) is 9.71 Å². The van der Waals surface area contributed by atoms with E-state index in [0.717, 1.165) is 11.1 Å². The zero-order chi connectivity index (χ0) is 21.3. The Morgan fingerprint density at radius 1 is 1.00 bits per heavy atom. The molecule has 4 rings (SSSR count). The number of nitrogens with one attached hydrogen (secondary N) is 1. The second-order valence-corrected chi connectivity index (χ2v) is 8.85. The van der Waals surface area contributed by atoms with Crippen LogP contribution < -0.4 is 4.72 Å². The van der Waals surface area contributed by atoms with Gasteiger partial charge < -0.3 is 4.57 Å². The molecule has 6 nitrogen and oxygen atoms in total. The minimum Gasteiger partial charge on any atom is -0.324 e. The van der Waals surface area contributed by atoms with E-state index >= 15 is 0 Å². The molecule has 8 heteroatoms. The molecule has 0 fully saturated rings. The van der Waals surface area contributed by atoms with Crippen LogP contribution in [0.3, 0.4) is 0 Å². The summed E-state index contributed by atoms with van der Waals surface area (Å²) in [6.07, 6.45) is 0. The van der Waals surface area contributed by atoms with Crippen LogP contribution in [0.5, 0.6) is 0 Å². The van der Waals surface area contributed by atoms with Crippen molar-refractivity contribution in [2.45, 2.75) is 18.4 Å². The molecule has 0 saturated carbocycles. The molecule has 0 atom stereocenters. The maximum atomic E-state index is 12.8. The molecule has 3 aromatic carbocycles. The Morgan fingerprint density at radius 3 is 2.43 bits per heavy atom. The predicted octanol–water partition coefficient (Wildman–Crippen LogP) is 4.17. The summed E-state index contributed by atoms with van der Waals surface area (Å²) in [5.41, 5.74) is 2.26. The first-order valence-electron chi connectivity index (χ1n) is 9.18. The summed E-state index contributed by atoms with van der Waals surface area (Å²) in [4.78, 5) is 17.4. The van der Waals surface area contributed by atoms with Crippen LogP contribution in [0.25, 0.3) is 11.0 Å². The number of fused-ring (bicyclic) bond motifs is 1. The molecule has 4 aromatic rings. The molecule has 1 heterocycles. The van der Waals surface area contributed by atoms with Crippen molar-refractivity contribution in [1.82, 2.24) is 14.3 Å².